The van der Waals surface area contributed by atoms with Crippen LogP contribution in [0.2, 0.25) is 0 Å². The van der Waals surface area contributed by atoms with Gasteiger partial charge in [0.1, 0.15) is 0 Å². The van der Waals surface area contributed by atoms with E-state index in [0.29, 0.717) is 5.41 Å². The van der Waals surface area contributed by atoms with Crippen molar-refractivity contribution in [2.45, 2.75) is 26.2 Å². The molecule has 0 N–H and O–H groups in total. The molecule has 0 unspecified atom stereocenters. The van der Waals surface area contributed by atoms with Crippen LogP contribution < -0.4 is 0 Å². The van der Waals surface area contributed by atoms with Crippen LogP contribution >= 0.6 is 0 Å². The fourth-order valence-corrected chi connectivity index (χ4v) is 4.79. The summed E-state index contributed by atoms with van der Waals surface area (Å²) in [5.41, 5.74) is 1.86. The minimum atomic E-state index is -0.0202. The summed E-state index contributed by atoms with van der Waals surface area (Å²) in [5.74, 6) is 0. The van der Waals surface area contributed by atoms with E-state index in [1.165, 1.54) is 5.39 Å². The Kier molecular flexibility index (Phi) is 2.26. The molecule has 0 saturated heterocycles. The third-order valence-electron chi connectivity index (χ3n) is 2.29. The second-order valence-corrected chi connectivity index (χ2v) is 7.01. The van der Waals surface area contributed by atoms with Crippen molar-refractivity contribution < 1.29 is 0 Å². The molecule has 0 spiro atoms. The van der Waals surface area contributed by atoms with Gasteiger partial charge in [0.25, 0.3) is 0 Å². The van der Waals surface area contributed by atoms with Crippen molar-refractivity contribution in [2.75, 3.05) is 0 Å². The summed E-state index contributed by atoms with van der Waals surface area (Å²) < 4.78 is 4.03. The Bertz CT molecular complexity index is 418. The number of benzene rings is 1. The number of hydrogen-bond donors (Lipinski definition) is 0. The van der Waals surface area contributed by atoms with Gasteiger partial charge in [-0.2, -0.15) is 0 Å². The summed E-state index contributed by atoms with van der Waals surface area (Å²) in [6.07, 6.45) is 0. The maximum atomic E-state index is 2.38. The van der Waals surface area contributed by atoms with E-state index in [4.69, 9.17) is 0 Å². The quantitative estimate of drug-likeness (QED) is 0.652. The molecule has 1 heterocycles. The van der Waals surface area contributed by atoms with Crippen LogP contribution in [0.15, 0.2) is 28.3 Å². The second kappa shape index (κ2) is 3.15. The SMILES string of the molecule is CC(C)(C)c1cccc2cc[te]c12. The molecule has 2 rings (SSSR count). The molecular weight excluding hydrogens is 272 g/mol. The molecule has 0 radical (unpaired) electrons. The molecule has 1 aromatic carbocycles. The zero-order valence-electron chi connectivity index (χ0n) is 8.29. The second-order valence-electron chi connectivity index (χ2n) is 4.39. The van der Waals surface area contributed by atoms with E-state index < -0.39 is 0 Å². The molecular formula is C12H14Te. The van der Waals surface area contributed by atoms with Gasteiger partial charge >= 0.3 is 89.3 Å². The summed E-state index contributed by atoms with van der Waals surface area (Å²) in [4.78, 5) is 0. The molecule has 68 valence electrons. The summed E-state index contributed by atoms with van der Waals surface area (Å²) in [6.45, 7) is 6.90. The van der Waals surface area contributed by atoms with Crippen molar-refractivity contribution in [1.29, 1.82) is 0 Å². The monoisotopic (exact) mass is 288 g/mol. The van der Waals surface area contributed by atoms with E-state index in [9.17, 15) is 0 Å². The molecule has 0 nitrogen and oxygen atoms in total. The summed E-state index contributed by atoms with van der Waals surface area (Å²) in [7, 11) is 0. The number of hydrogen-bond acceptors (Lipinski definition) is 0. The van der Waals surface area contributed by atoms with Gasteiger partial charge in [-0.15, -0.1) is 0 Å². The Balaban J connectivity index is 2.75. The van der Waals surface area contributed by atoms with E-state index in [1.807, 2.05) is 0 Å². The van der Waals surface area contributed by atoms with Crippen LogP contribution in [0.1, 0.15) is 26.3 Å². The Morgan fingerprint density at radius 1 is 1.08 bits per heavy atom. The van der Waals surface area contributed by atoms with Gasteiger partial charge in [0.2, 0.25) is 0 Å². The van der Waals surface area contributed by atoms with Gasteiger partial charge in [0.05, 0.1) is 0 Å². The first kappa shape index (κ1) is 9.31. The van der Waals surface area contributed by atoms with E-state index in [-0.39, 0.29) is 20.4 Å². The topological polar surface area (TPSA) is 0 Å². The van der Waals surface area contributed by atoms with Gasteiger partial charge in [0.15, 0.2) is 0 Å². The predicted octanol–water partition coefficient (Wildman–Crippen LogP) is 3.19. The first-order chi connectivity index (χ1) is 6.09. The van der Waals surface area contributed by atoms with Gasteiger partial charge in [-0.05, 0) is 0 Å². The van der Waals surface area contributed by atoms with Crippen molar-refractivity contribution in [3.05, 3.63) is 33.9 Å². The third kappa shape index (κ3) is 1.68. The molecule has 0 fully saturated rings. The Hall–Kier alpha value is -0.250. The summed E-state index contributed by atoms with van der Waals surface area (Å²) >= 11 is -0.0202. The summed E-state index contributed by atoms with van der Waals surface area (Å²) in [5, 5.41) is 1.47. The van der Waals surface area contributed by atoms with Gasteiger partial charge in [0, 0.05) is 0 Å². The van der Waals surface area contributed by atoms with Crippen molar-refractivity contribution in [1.82, 2.24) is 0 Å². The number of rotatable bonds is 0. The molecule has 13 heavy (non-hydrogen) atoms. The predicted molar refractivity (Wildman–Crippen MR) is 59.6 cm³/mol. The molecule has 1 aromatic heterocycles. The molecule has 0 saturated carbocycles. The average molecular weight is 286 g/mol. The van der Waals surface area contributed by atoms with Crippen LogP contribution in [0, 0.1) is 0 Å². The van der Waals surface area contributed by atoms with Crippen molar-refractivity contribution in [3.63, 3.8) is 0 Å². The molecule has 0 aliphatic rings. The van der Waals surface area contributed by atoms with Crippen molar-refractivity contribution in [2.24, 2.45) is 0 Å². The molecule has 0 atom stereocenters. The Morgan fingerprint density at radius 2 is 1.85 bits per heavy atom. The van der Waals surface area contributed by atoms with Gasteiger partial charge in [-0.1, -0.05) is 0 Å². The van der Waals surface area contributed by atoms with Crippen LogP contribution in [-0.4, -0.2) is 20.4 Å². The van der Waals surface area contributed by atoms with E-state index >= 15 is 0 Å². The maximum absolute atomic E-state index is 2.38. The average Bonchev–Trinajstić information content (AvgIpc) is 2.48. The Morgan fingerprint density at radius 3 is 2.54 bits per heavy atom. The van der Waals surface area contributed by atoms with Gasteiger partial charge in [-0.3, -0.25) is 0 Å². The molecule has 1 heteroatoms. The van der Waals surface area contributed by atoms with Crippen molar-refractivity contribution in [3.8, 4) is 0 Å². The first-order valence-corrected chi connectivity index (χ1v) is 7.07. The first-order valence-electron chi connectivity index (χ1n) is 4.56. The van der Waals surface area contributed by atoms with E-state index in [2.05, 4.69) is 49.1 Å². The van der Waals surface area contributed by atoms with Gasteiger partial charge < -0.3 is 0 Å². The zero-order chi connectivity index (χ0) is 9.47. The number of fused-ring (bicyclic) bond motifs is 1. The van der Waals surface area contributed by atoms with Crippen LogP contribution in [0.5, 0.6) is 0 Å². The van der Waals surface area contributed by atoms with E-state index in [1.54, 1.807) is 8.97 Å². The minimum absolute atomic E-state index is 0.0202. The van der Waals surface area contributed by atoms with E-state index in [0.717, 1.165) is 0 Å². The summed E-state index contributed by atoms with van der Waals surface area (Å²) in [6, 6.07) is 8.99. The molecule has 0 bridgehead atoms. The standard InChI is InChI=1S/C12H14Te/c1-12(2,3)10-6-4-5-9-7-8-13-11(9)10/h4-8H,1-3H3. The molecule has 0 aliphatic carbocycles. The molecule has 0 aliphatic heterocycles. The van der Waals surface area contributed by atoms with Crippen LogP contribution in [0.4, 0.5) is 0 Å². The Labute approximate surface area is 89.2 Å². The molecule has 0 amide bonds. The van der Waals surface area contributed by atoms with Crippen molar-refractivity contribution >= 4 is 29.2 Å². The van der Waals surface area contributed by atoms with Crippen LogP contribution in [0.3, 0.4) is 0 Å². The molecule has 2 aromatic rings. The fraction of sp³-hybridized carbons (Fsp3) is 0.333. The normalized spacial score (nSPS) is 12.2. The van der Waals surface area contributed by atoms with Crippen LogP contribution in [-0.2, 0) is 5.41 Å². The van der Waals surface area contributed by atoms with Gasteiger partial charge in [-0.25, -0.2) is 0 Å². The third-order valence-corrected chi connectivity index (χ3v) is 5.04. The zero-order valence-corrected chi connectivity index (χ0v) is 10.6. The fourth-order valence-electron chi connectivity index (χ4n) is 1.58. The van der Waals surface area contributed by atoms with Crippen LogP contribution in [0.25, 0.3) is 8.79 Å².